The van der Waals surface area contributed by atoms with Crippen LogP contribution in [0, 0.1) is 0 Å². The number of amides is 1. The van der Waals surface area contributed by atoms with Gasteiger partial charge in [0.15, 0.2) is 5.75 Å². The molecule has 0 aliphatic rings. The lowest BCUT2D eigenvalue weighted by Crippen LogP contribution is -2.20. The van der Waals surface area contributed by atoms with E-state index in [9.17, 15) is 22.8 Å². The minimum Gasteiger partial charge on any atom is -0.455 e. The van der Waals surface area contributed by atoms with E-state index >= 15 is 0 Å². The SMILES string of the molecule is C=CC(=O)NCc1ccc(Oc2ccc(C(F)(F)F)cc2)c2[nH]c(=O)ccc12. The quantitative estimate of drug-likeness (QED) is 0.646. The second-order valence-corrected chi connectivity index (χ2v) is 5.88. The van der Waals surface area contributed by atoms with Crippen LogP contribution in [0.2, 0.25) is 0 Å². The highest BCUT2D eigenvalue weighted by Gasteiger charge is 2.30. The zero-order chi connectivity index (χ0) is 20.3. The largest absolute Gasteiger partial charge is 0.455 e. The normalized spacial score (nSPS) is 11.2. The van der Waals surface area contributed by atoms with Gasteiger partial charge in [0.1, 0.15) is 5.75 Å². The topological polar surface area (TPSA) is 71.2 Å². The van der Waals surface area contributed by atoms with Crippen molar-refractivity contribution in [2.45, 2.75) is 12.7 Å². The van der Waals surface area contributed by atoms with Crippen LogP contribution in [0.1, 0.15) is 11.1 Å². The minimum atomic E-state index is -4.44. The number of aromatic amines is 1. The molecule has 2 N–H and O–H groups in total. The van der Waals surface area contributed by atoms with E-state index in [0.29, 0.717) is 10.9 Å². The van der Waals surface area contributed by atoms with Crippen molar-refractivity contribution in [1.29, 1.82) is 0 Å². The number of fused-ring (bicyclic) bond motifs is 1. The number of ether oxygens (including phenoxy) is 1. The zero-order valence-electron chi connectivity index (χ0n) is 14.5. The molecule has 0 unspecified atom stereocenters. The van der Waals surface area contributed by atoms with Gasteiger partial charge in [-0.25, -0.2) is 0 Å². The third kappa shape index (κ3) is 4.22. The zero-order valence-corrected chi connectivity index (χ0v) is 14.5. The van der Waals surface area contributed by atoms with Gasteiger partial charge in [0.25, 0.3) is 0 Å². The number of hydrogen-bond donors (Lipinski definition) is 2. The fourth-order valence-corrected chi connectivity index (χ4v) is 2.62. The highest BCUT2D eigenvalue weighted by atomic mass is 19.4. The van der Waals surface area contributed by atoms with Crippen molar-refractivity contribution in [3.8, 4) is 11.5 Å². The molecule has 0 saturated heterocycles. The van der Waals surface area contributed by atoms with Crippen molar-refractivity contribution in [2.75, 3.05) is 0 Å². The van der Waals surface area contributed by atoms with Crippen LogP contribution in [0.3, 0.4) is 0 Å². The number of benzene rings is 2. The molecule has 0 saturated carbocycles. The Kier molecular flexibility index (Phi) is 5.21. The Labute approximate surface area is 157 Å². The molecule has 0 atom stereocenters. The first-order chi connectivity index (χ1) is 13.3. The van der Waals surface area contributed by atoms with Gasteiger partial charge in [0.05, 0.1) is 11.1 Å². The second-order valence-electron chi connectivity index (χ2n) is 5.88. The van der Waals surface area contributed by atoms with Gasteiger partial charge in [-0.05, 0) is 48.0 Å². The van der Waals surface area contributed by atoms with Crippen LogP contribution in [-0.4, -0.2) is 10.9 Å². The molecule has 0 fully saturated rings. The second kappa shape index (κ2) is 7.59. The average Bonchev–Trinajstić information content (AvgIpc) is 2.66. The molecule has 0 radical (unpaired) electrons. The minimum absolute atomic E-state index is 0.187. The predicted octanol–water partition coefficient (Wildman–Crippen LogP) is 4.14. The molecule has 1 aromatic heterocycles. The lowest BCUT2D eigenvalue weighted by atomic mass is 10.1. The fraction of sp³-hybridized carbons (Fsp3) is 0.100. The summed E-state index contributed by atoms with van der Waals surface area (Å²) < 4.78 is 43.7. The lowest BCUT2D eigenvalue weighted by molar-refractivity contribution is -0.137. The van der Waals surface area contributed by atoms with Crippen molar-refractivity contribution in [1.82, 2.24) is 10.3 Å². The maximum absolute atomic E-state index is 12.7. The molecular formula is C20H15F3N2O3. The summed E-state index contributed by atoms with van der Waals surface area (Å²) in [6.45, 7) is 3.58. The fourth-order valence-electron chi connectivity index (χ4n) is 2.62. The maximum atomic E-state index is 12.7. The number of carbonyl (C=O) groups is 1. The molecule has 0 aliphatic carbocycles. The number of aromatic nitrogens is 1. The smallest absolute Gasteiger partial charge is 0.416 e. The number of nitrogens with one attached hydrogen (secondary N) is 2. The first-order valence-electron chi connectivity index (χ1n) is 8.18. The monoisotopic (exact) mass is 388 g/mol. The molecule has 3 aromatic rings. The van der Waals surface area contributed by atoms with Gasteiger partial charge in [-0.2, -0.15) is 13.2 Å². The summed E-state index contributed by atoms with van der Waals surface area (Å²) in [5.74, 6) is 0.112. The summed E-state index contributed by atoms with van der Waals surface area (Å²) >= 11 is 0. The van der Waals surface area contributed by atoms with E-state index < -0.39 is 11.7 Å². The highest BCUT2D eigenvalue weighted by molar-refractivity contribution is 5.89. The Hall–Kier alpha value is -3.55. The Morgan fingerprint density at radius 2 is 1.82 bits per heavy atom. The number of alkyl halides is 3. The molecule has 1 heterocycles. The highest BCUT2D eigenvalue weighted by Crippen LogP contribution is 2.33. The summed E-state index contributed by atoms with van der Waals surface area (Å²) in [5.41, 5.74) is -0.0533. The van der Waals surface area contributed by atoms with Gasteiger partial charge in [0, 0.05) is 18.0 Å². The lowest BCUT2D eigenvalue weighted by Gasteiger charge is -2.13. The van der Waals surface area contributed by atoms with Crippen LogP contribution in [0.4, 0.5) is 13.2 Å². The van der Waals surface area contributed by atoms with Crippen molar-refractivity contribution < 1.29 is 22.7 Å². The van der Waals surface area contributed by atoms with E-state index in [0.717, 1.165) is 23.8 Å². The van der Waals surface area contributed by atoms with E-state index in [1.54, 1.807) is 18.2 Å². The molecule has 28 heavy (non-hydrogen) atoms. The molecule has 5 nitrogen and oxygen atoms in total. The number of halogens is 3. The summed E-state index contributed by atoms with van der Waals surface area (Å²) in [6.07, 6.45) is -3.29. The van der Waals surface area contributed by atoms with E-state index in [1.807, 2.05) is 0 Å². The van der Waals surface area contributed by atoms with Crippen LogP contribution < -0.4 is 15.6 Å². The van der Waals surface area contributed by atoms with E-state index in [1.165, 1.54) is 18.2 Å². The molecule has 0 aliphatic heterocycles. The Morgan fingerprint density at radius 1 is 1.11 bits per heavy atom. The first kappa shape index (κ1) is 19.2. The molecular weight excluding hydrogens is 373 g/mol. The molecule has 144 valence electrons. The molecule has 3 rings (SSSR count). The van der Waals surface area contributed by atoms with Gasteiger partial charge in [0.2, 0.25) is 11.5 Å². The Morgan fingerprint density at radius 3 is 2.46 bits per heavy atom. The Bertz CT molecular complexity index is 1090. The number of rotatable bonds is 5. The molecule has 0 spiro atoms. The average molecular weight is 388 g/mol. The third-order valence-electron chi connectivity index (χ3n) is 4.00. The van der Waals surface area contributed by atoms with Gasteiger partial charge < -0.3 is 15.0 Å². The predicted molar refractivity (Wildman–Crippen MR) is 98.1 cm³/mol. The van der Waals surface area contributed by atoms with E-state index in [-0.39, 0.29) is 29.5 Å². The van der Waals surface area contributed by atoms with Crippen LogP contribution in [0.5, 0.6) is 11.5 Å². The first-order valence-corrected chi connectivity index (χ1v) is 8.18. The maximum Gasteiger partial charge on any atom is 0.416 e. The number of hydrogen-bond acceptors (Lipinski definition) is 3. The molecule has 2 aromatic carbocycles. The van der Waals surface area contributed by atoms with Crippen LogP contribution in [0.15, 0.2) is 66.0 Å². The molecule has 1 amide bonds. The standard InChI is InChI=1S/C20H15F3N2O3/c1-2-17(26)24-11-12-3-9-16(19-15(12)8-10-18(27)25-19)28-14-6-4-13(5-7-14)20(21,22)23/h2-10H,1,11H2,(H,24,26)(H,25,27). The Balaban J connectivity index is 1.95. The third-order valence-corrected chi connectivity index (χ3v) is 4.00. The van der Waals surface area contributed by atoms with Crippen molar-refractivity contribution >= 4 is 16.8 Å². The van der Waals surface area contributed by atoms with Crippen molar-refractivity contribution in [3.63, 3.8) is 0 Å². The summed E-state index contributed by atoms with van der Waals surface area (Å²) in [7, 11) is 0. The van der Waals surface area contributed by atoms with Gasteiger partial charge in [-0.1, -0.05) is 12.6 Å². The molecule has 8 heteroatoms. The summed E-state index contributed by atoms with van der Waals surface area (Å²) in [6, 6.07) is 10.4. The van der Waals surface area contributed by atoms with Gasteiger partial charge in [-0.15, -0.1) is 0 Å². The summed E-state index contributed by atoms with van der Waals surface area (Å²) in [4.78, 5) is 25.8. The summed E-state index contributed by atoms with van der Waals surface area (Å²) in [5, 5.41) is 3.28. The van der Waals surface area contributed by atoms with E-state index in [4.69, 9.17) is 4.74 Å². The van der Waals surface area contributed by atoms with Crippen molar-refractivity contribution in [3.05, 3.63) is 82.7 Å². The van der Waals surface area contributed by atoms with Gasteiger partial charge >= 0.3 is 6.18 Å². The number of H-pyrrole nitrogens is 1. The van der Waals surface area contributed by atoms with Crippen LogP contribution in [-0.2, 0) is 17.5 Å². The number of pyridine rings is 1. The van der Waals surface area contributed by atoms with Crippen LogP contribution >= 0.6 is 0 Å². The van der Waals surface area contributed by atoms with Gasteiger partial charge in [-0.3, -0.25) is 9.59 Å². The number of carbonyl (C=O) groups excluding carboxylic acids is 1. The van der Waals surface area contributed by atoms with E-state index in [2.05, 4.69) is 16.9 Å². The van der Waals surface area contributed by atoms with Crippen LogP contribution in [0.25, 0.3) is 10.9 Å². The molecule has 0 bridgehead atoms. The van der Waals surface area contributed by atoms with Crippen molar-refractivity contribution in [2.24, 2.45) is 0 Å².